The standard InChI is InChI=1S/C30H33FN4O4/c1-20(2)16-33-13-6-14-35-25(33)18-34-17-24(29(37)32-15-21-9-11-23(31)12-10-21)27(36)28(26(34)30(35)38)39-19-22-7-4-3-5-8-22/h3-5,7-12,17,20,25H,6,13-16,18-19H2,1-2H3,(H,32,37)/t25-/m1/s1. The highest BCUT2D eigenvalue weighted by atomic mass is 19.1. The molecule has 1 N–H and O–H groups in total. The van der Waals surface area contributed by atoms with E-state index in [1.165, 1.54) is 18.3 Å². The maximum Gasteiger partial charge on any atom is 0.275 e. The maximum atomic E-state index is 13.8. The average molecular weight is 533 g/mol. The third-order valence-corrected chi connectivity index (χ3v) is 7.12. The second kappa shape index (κ2) is 11.4. The molecule has 3 heterocycles. The van der Waals surface area contributed by atoms with E-state index >= 15 is 0 Å². The predicted octanol–water partition coefficient (Wildman–Crippen LogP) is 3.64. The summed E-state index contributed by atoms with van der Waals surface area (Å²) in [5, 5.41) is 2.75. The van der Waals surface area contributed by atoms with Crippen LogP contribution in [0.4, 0.5) is 4.39 Å². The highest BCUT2D eigenvalue weighted by Gasteiger charge is 2.41. The van der Waals surface area contributed by atoms with Gasteiger partial charge in [0.2, 0.25) is 5.43 Å². The summed E-state index contributed by atoms with van der Waals surface area (Å²) in [7, 11) is 0. The van der Waals surface area contributed by atoms with Gasteiger partial charge in [-0.15, -0.1) is 0 Å². The van der Waals surface area contributed by atoms with E-state index in [1.807, 2.05) is 35.2 Å². The Balaban J connectivity index is 1.50. The number of carbonyl (C=O) groups excluding carboxylic acids is 2. The van der Waals surface area contributed by atoms with Crippen LogP contribution in [0.1, 0.15) is 52.2 Å². The van der Waals surface area contributed by atoms with Gasteiger partial charge in [0.25, 0.3) is 11.8 Å². The van der Waals surface area contributed by atoms with Crippen molar-refractivity contribution in [1.29, 1.82) is 0 Å². The third kappa shape index (κ3) is 5.73. The molecule has 39 heavy (non-hydrogen) atoms. The van der Waals surface area contributed by atoms with E-state index < -0.39 is 11.3 Å². The van der Waals surface area contributed by atoms with Crippen molar-refractivity contribution in [2.45, 2.75) is 46.1 Å². The minimum atomic E-state index is -0.628. The predicted molar refractivity (Wildman–Crippen MR) is 145 cm³/mol. The van der Waals surface area contributed by atoms with Crippen LogP contribution in [0, 0.1) is 11.7 Å². The Bertz CT molecular complexity index is 1400. The lowest BCUT2D eigenvalue weighted by Crippen LogP contribution is -2.61. The monoisotopic (exact) mass is 532 g/mol. The van der Waals surface area contributed by atoms with Crippen LogP contribution in [0.5, 0.6) is 5.75 Å². The summed E-state index contributed by atoms with van der Waals surface area (Å²) < 4.78 is 21.0. The van der Waals surface area contributed by atoms with E-state index in [0.717, 1.165) is 25.1 Å². The summed E-state index contributed by atoms with van der Waals surface area (Å²) in [6.07, 6.45) is 2.16. The van der Waals surface area contributed by atoms with Gasteiger partial charge in [-0.05, 0) is 35.6 Å². The zero-order valence-corrected chi connectivity index (χ0v) is 22.2. The van der Waals surface area contributed by atoms with Gasteiger partial charge in [-0.3, -0.25) is 19.3 Å². The molecule has 8 nitrogen and oxygen atoms in total. The quantitative estimate of drug-likeness (QED) is 0.479. The average Bonchev–Trinajstić information content (AvgIpc) is 2.93. The number of halogens is 1. The molecule has 1 atom stereocenters. The largest absolute Gasteiger partial charge is 0.483 e. The van der Waals surface area contributed by atoms with Gasteiger partial charge in [0.05, 0.1) is 6.54 Å². The lowest BCUT2D eigenvalue weighted by atomic mass is 10.1. The number of carbonyl (C=O) groups is 2. The van der Waals surface area contributed by atoms with Crippen molar-refractivity contribution in [2.24, 2.45) is 5.92 Å². The molecule has 0 bridgehead atoms. The fourth-order valence-corrected chi connectivity index (χ4v) is 5.29. The fourth-order valence-electron chi connectivity index (χ4n) is 5.29. The minimum absolute atomic E-state index is 0.0832. The van der Waals surface area contributed by atoms with Gasteiger partial charge >= 0.3 is 0 Å². The third-order valence-electron chi connectivity index (χ3n) is 7.12. The summed E-state index contributed by atoms with van der Waals surface area (Å²) in [6.45, 7) is 7.24. The number of fused-ring (bicyclic) bond motifs is 2. The molecule has 2 aliphatic rings. The number of hydrogen-bond donors (Lipinski definition) is 1. The number of rotatable bonds is 8. The summed E-state index contributed by atoms with van der Waals surface area (Å²) in [4.78, 5) is 44.8. The van der Waals surface area contributed by atoms with Crippen molar-refractivity contribution in [3.63, 3.8) is 0 Å². The first-order chi connectivity index (χ1) is 18.8. The van der Waals surface area contributed by atoms with Crippen molar-refractivity contribution < 1.29 is 18.7 Å². The molecular formula is C30H33FN4O4. The highest BCUT2D eigenvalue weighted by molar-refractivity contribution is 5.99. The van der Waals surface area contributed by atoms with Crippen LogP contribution < -0.4 is 15.5 Å². The van der Waals surface area contributed by atoms with E-state index in [-0.39, 0.29) is 48.0 Å². The molecule has 1 aromatic heterocycles. The van der Waals surface area contributed by atoms with Gasteiger partial charge < -0.3 is 19.5 Å². The maximum absolute atomic E-state index is 13.8. The summed E-state index contributed by atoms with van der Waals surface area (Å²) in [6, 6.07) is 15.1. The summed E-state index contributed by atoms with van der Waals surface area (Å²) in [5.41, 5.74) is 0.978. The molecule has 2 aliphatic heterocycles. The van der Waals surface area contributed by atoms with Crippen molar-refractivity contribution in [2.75, 3.05) is 19.6 Å². The van der Waals surface area contributed by atoms with Gasteiger partial charge in [-0.1, -0.05) is 56.3 Å². The molecule has 2 amide bonds. The number of benzene rings is 2. The molecule has 0 radical (unpaired) electrons. The van der Waals surface area contributed by atoms with Gasteiger partial charge in [0, 0.05) is 32.4 Å². The Morgan fingerprint density at radius 1 is 1.05 bits per heavy atom. The van der Waals surface area contributed by atoms with Gasteiger partial charge in [0.15, 0.2) is 11.4 Å². The normalized spacial score (nSPS) is 17.1. The Kier molecular flexibility index (Phi) is 7.79. The molecule has 0 unspecified atom stereocenters. The number of nitrogens with zero attached hydrogens (tertiary/aromatic N) is 3. The molecule has 0 aliphatic carbocycles. The van der Waals surface area contributed by atoms with Crippen molar-refractivity contribution in [3.8, 4) is 5.75 Å². The molecular weight excluding hydrogens is 499 g/mol. The number of pyridine rings is 1. The lowest BCUT2D eigenvalue weighted by molar-refractivity contribution is -0.0148. The van der Waals surface area contributed by atoms with Gasteiger partial charge in [0.1, 0.15) is 24.2 Å². The minimum Gasteiger partial charge on any atom is -0.483 e. The second-order valence-corrected chi connectivity index (χ2v) is 10.5. The Morgan fingerprint density at radius 2 is 1.79 bits per heavy atom. The Labute approximate surface area is 227 Å². The molecule has 1 fully saturated rings. The van der Waals surface area contributed by atoms with Gasteiger partial charge in [-0.2, -0.15) is 0 Å². The fraction of sp³-hybridized carbons (Fsp3) is 0.367. The molecule has 2 aromatic carbocycles. The zero-order chi connectivity index (χ0) is 27.5. The SMILES string of the molecule is CC(C)CN1CCCN2C(=O)c3c(OCc4ccccc4)c(=O)c(C(=O)NCc4ccc(F)cc4)cn3C[C@H]12. The highest BCUT2D eigenvalue weighted by Crippen LogP contribution is 2.29. The van der Waals surface area contributed by atoms with Crippen molar-refractivity contribution >= 4 is 11.8 Å². The first-order valence-electron chi connectivity index (χ1n) is 13.3. The van der Waals surface area contributed by atoms with Crippen LogP contribution in [0.3, 0.4) is 0 Å². The zero-order valence-electron chi connectivity index (χ0n) is 22.2. The first kappa shape index (κ1) is 26.6. The molecule has 0 spiro atoms. The number of aromatic nitrogens is 1. The van der Waals surface area contributed by atoms with Crippen molar-refractivity contribution in [1.82, 2.24) is 19.7 Å². The molecule has 1 saturated heterocycles. The van der Waals surface area contributed by atoms with E-state index in [1.54, 1.807) is 16.7 Å². The van der Waals surface area contributed by atoms with Crippen molar-refractivity contribution in [3.05, 3.63) is 99.2 Å². The van der Waals surface area contributed by atoms with E-state index in [4.69, 9.17) is 4.74 Å². The number of nitrogens with one attached hydrogen (secondary N) is 1. The number of amides is 2. The van der Waals surface area contributed by atoms with E-state index in [0.29, 0.717) is 24.6 Å². The topological polar surface area (TPSA) is 83.9 Å². The van der Waals surface area contributed by atoms with Crippen LogP contribution in [0.25, 0.3) is 0 Å². The van der Waals surface area contributed by atoms with Crippen LogP contribution in [-0.2, 0) is 19.7 Å². The van der Waals surface area contributed by atoms with E-state index in [9.17, 15) is 18.8 Å². The van der Waals surface area contributed by atoms with Crippen LogP contribution in [0.15, 0.2) is 65.6 Å². The number of hydrogen-bond acceptors (Lipinski definition) is 5. The molecule has 3 aromatic rings. The van der Waals surface area contributed by atoms with E-state index in [2.05, 4.69) is 24.1 Å². The molecule has 204 valence electrons. The Hall–Kier alpha value is -3.98. The van der Waals surface area contributed by atoms with Gasteiger partial charge in [-0.25, -0.2) is 4.39 Å². The Morgan fingerprint density at radius 3 is 2.51 bits per heavy atom. The molecule has 0 saturated carbocycles. The number of ether oxygens (including phenoxy) is 1. The first-order valence-corrected chi connectivity index (χ1v) is 13.3. The van der Waals surface area contributed by atoms with Crippen LogP contribution >= 0.6 is 0 Å². The van der Waals surface area contributed by atoms with Crippen LogP contribution in [-0.4, -0.2) is 52.0 Å². The molecule has 5 rings (SSSR count). The smallest absolute Gasteiger partial charge is 0.275 e. The lowest BCUT2D eigenvalue weighted by Gasteiger charge is -2.47. The van der Waals surface area contributed by atoms with Crippen LogP contribution in [0.2, 0.25) is 0 Å². The molecule has 9 heteroatoms. The summed E-state index contributed by atoms with van der Waals surface area (Å²) >= 11 is 0. The second-order valence-electron chi connectivity index (χ2n) is 10.5. The summed E-state index contributed by atoms with van der Waals surface area (Å²) in [5.74, 6) is -0.906.